The zero-order valence-electron chi connectivity index (χ0n) is 14.1. The first-order valence-electron chi connectivity index (χ1n) is 8.31. The van der Waals surface area contributed by atoms with Gasteiger partial charge in [0.1, 0.15) is 0 Å². The lowest BCUT2D eigenvalue weighted by molar-refractivity contribution is -0.137. The monoisotopic (exact) mass is 360 g/mol. The number of hydrogen-bond donors (Lipinski definition) is 0. The quantitative estimate of drug-likeness (QED) is 0.712. The van der Waals surface area contributed by atoms with E-state index in [1.165, 1.54) is 12.1 Å². The molecule has 1 fully saturated rings. The Morgan fingerprint density at radius 3 is 2.31 bits per heavy atom. The summed E-state index contributed by atoms with van der Waals surface area (Å²) in [5, 5.41) is 8.10. The average Bonchev–Trinajstić information content (AvgIpc) is 2.66. The maximum absolute atomic E-state index is 12.8. The number of halogens is 3. The van der Waals surface area contributed by atoms with Crippen molar-refractivity contribution in [2.24, 2.45) is 10.2 Å². The molecule has 0 N–H and O–H groups in total. The van der Waals surface area contributed by atoms with E-state index < -0.39 is 11.7 Å². The van der Waals surface area contributed by atoms with Gasteiger partial charge in [-0.3, -0.25) is 0 Å². The fourth-order valence-corrected chi connectivity index (χ4v) is 2.73. The molecular weight excluding hydrogens is 341 g/mol. The van der Waals surface area contributed by atoms with Crippen molar-refractivity contribution in [2.45, 2.75) is 6.18 Å². The van der Waals surface area contributed by atoms with Gasteiger partial charge in [0.15, 0.2) is 0 Å². The molecule has 26 heavy (non-hydrogen) atoms. The highest BCUT2D eigenvalue weighted by molar-refractivity contribution is 5.49. The Kier molecular flexibility index (Phi) is 5.55. The predicted octanol–water partition coefficient (Wildman–Crippen LogP) is 5.08. The van der Waals surface area contributed by atoms with Crippen LogP contribution < -0.4 is 4.90 Å². The van der Waals surface area contributed by atoms with Crippen molar-refractivity contribution < 1.29 is 13.2 Å². The minimum atomic E-state index is -4.32. The summed E-state index contributed by atoms with van der Waals surface area (Å²) in [6, 6.07) is 14.9. The minimum absolute atomic E-state index is 0.604. The largest absolute Gasteiger partial charge is 0.416 e. The highest BCUT2D eigenvalue weighted by atomic mass is 19.4. The molecule has 2 aromatic carbocycles. The fraction of sp³-hybridized carbons (Fsp3) is 0.263. The Morgan fingerprint density at radius 2 is 1.62 bits per heavy atom. The molecule has 2 aromatic rings. The Balaban J connectivity index is 1.53. The van der Waals surface area contributed by atoms with Crippen molar-refractivity contribution in [3.63, 3.8) is 0 Å². The smallest absolute Gasteiger partial charge is 0.373 e. The molecule has 136 valence electrons. The lowest BCUT2D eigenvalue weighted by atomic mass is 10.1. The first kappa shape index (κ1) is 18.0. The third-order valence-electron chi connectivity index (χ3n) is 4.13. The molecule has 1 heterocycles. The lowest BCUT2D eigenvalue weighted by Crippen LogP contribution is -2.44. The van der Waals surface area contributed by atoms with Crippen LogP contribution in [0.4, 0.5) is 24.5 Å². The maximum atomic E-state index is 12.8. The standard InChI is InChI=1S/C19H19F3N4/c20-19(21,22)16-5-4-8-18(15-16)26-13-11-25(12-14-26)10-9-23-24-17-6-2-1-3-7-17/h1-10,15H,11-14H2. The van der Waals surface area contributed by atoms with E-state index in [1.54, 1.807) is 12.3 Å². The Hall–Kier alpha value is -2.83. The highest BCUT2D eigenvalue weighted by Crippen LogP contribution is 2.31. The van der Waals surface area contributed by atoms with Crippen LogP contribution in [0.25, 0.3) is 0 Å². The van der Waals surface area contributed by atoms with E-state index in [0.717, 1.165) is 11.8 Å². The topological polar surface area (TPSA) is 31.2 Å². The molecule has 0 bridgehead atoms. The zero-order valence-corrected chi connectivity index (χ0v) is 14.1. The van der Waals surface area contributed by atoms with E-state index in [9.17, 15) is 13.2 Å². The molecule has 0 saturated carbocycles. The van der Waals surface area contributed by atoms with Gasteiger partial charge in [0.2, 0.25) is 0 Å². The second-order valence-electron chi connectivity index (χ2n) is 5.92. The number of anilines is 1. The van der Waals surface area contributed by atoms with Gasteiger partial charge >= 0.3 is 6.18 Å². The summed E-state index contributed by atoms with van der Waals surface area (Å²) in [5.41, 5.74) is 0.775. The summed E-state index contributed by atoms with van der Waals surface area (Å²) in [6.07, 6.45) is -0.826. The van der Waals surface area contributed by atoms with Crippen molar-refractivity contribution in [2.75, 3.05) is 31.1 Å². The molecule has 0 spiro atoms. The number of rotatable bonds is 4. The van der Waals surface area contributed by atoms with Gasteiger partial charge in [-0.2, -0.15) is 23.4 Å². The molecular formula is C19H19F3N4. The van der Waals surface area contributed by atoms with Crippen LogP contribution in [0.1, 0.15) is 5.56 Å². The Bertz CT molecular complexity index is 764. The van der Waals surface area contributed by atoms with E-state index in [0.29, 0.717) is 31.9 Å². The van der Waals surface area contributed by atoms with Crippen LogP contribution in [0.15, 0.2) is 77.2 Å². The van der Waals surface area contributed by atoms with Gasteiger partial charge in [-0.15, -0.1) is 0 Å². The molecule has 1 aliphatic rings. The van der Waals surface area contributed by atoms with Crippen molar-refractivity contribution in [3.8, 4) is 0 Å². The van der Waals surface area contributed by atoms with Gasteiger partial charge in [0.05, 0.1) is 17.5 Å². The molecule has 0 atom stereocenters. The van der Waals surface area contributed by atoms with Crippen molar-refractivity contribution in [1.29, 1.82) is 0 Å². The zero-order chi connectivity index (χ0) is 18.4. The third kappa shape index (κ3) is 4.84. The number of hydrogen-bond acceptors (Lipinski definition) is 4. The normalized spacial score (nSPS) is 16.0. The van der Waals surface area contributed by atoms with Crippen molar-refractivity contribution in [1.82, 2.24) is 4.90 Å². The molecule has 0 unspecified atom stereocenters. The summed E-state index contributed by atoms with van der Waals surface area (Å²) in [6.45, 7) is 2.74. The fourth-order valence-electron chi connectivity index (χ4n) is 2.73. The molecule has 0 radical (unpaired) electrons. The summed E-state index contributed by atoms with van der Waals surface area (Å²) in [7, 11) is 0. The molecule has 0 amide bonds. The number of benzene rings is 2. The Morgan fingerprint density at radius 1 is 0.885 bits per heavy atom. The van der Waals surface area contributed by atoms with Gasteiger partial charge in [-0.25, -0.2) is 0 Å². The number of piperazine rings is 1. The van der Waals surface area contributed by atoms with E-state index >= 15 is 0 Å². The van der Waals surface area contributed by atoms with Gasteiger partial charge in [-0.05, 0) is 30.3 Å². The molecule has 0 aromatic heterocycles. The number of alkyl halides is 3. The summed E-state index contributed by atoms with van der Waals surface area (Å²) >= 11 is 0. The second kappa shape index (κ2) is 8.03. The molecule has 0 aliphatic carbocycles. The molecule has 4 nitrogen and oxygen atoms in total. The highest BCUT2D eigenvalue weighted by Gasteiger charge is 2.31. The molecule has 7 heteroatoms. The molecule has 1 aliphatic heterocycles. The lowest BCUT2D eigenvalue weighted by Gasteiger charge is -2.35. The van der Waals surface area contributed by atoms with Crippen LogP contribution in [0.2, 0.25) is 0 Å². The van der Waals surface area contributed by atoms with Crippen LogP contribution in [-0.2, 0) is 6.18 Å². The van der Waals surface area contributed by atoms with Crippen molar-refractivity contribution >= 4 is 11.4 Å². The van der Waals surface area contributed by atoms with Crippen LogP contribution in [-0.4, -0.2) is 31.1 Å². The van der Waals surface area contributed by atoms with E-state index in [2.05, 4.69) is 15.1 Å². The maximum Gasteiger partial charge on any atom is 0.416 e. The average molecular weight is 360 g/mol. The first-order chi connectivity index (χ1) is 12.5. The second-order valence-corrected chi connectivity index (χ2v) is 5.92. The molecule has 3 rings (SSSR count). The van der Waals surface area contributed by atoms with E-state index in [-0.39, 0.29) is 0 Å². The predicted molar refractivity (Wildman–Crippen MR) is 95.3 cm³/mol. The van der Waals surface area contributed by atoms with Gasteiger partial charge in [-0.1, -0.05) is 24.3 Å². The molecule has 1 saturated heterocycles. The minimum Gasteiger partial charge on any atom is -0.373 e. The van der Waals surface area contributed by atoms with Crippen LogP contribution in [0.5, 0.6) is 0 Å². The first-order valence-corrected chi connectivity index (χ1v) is 8.31. The third-order valence-corrected chi connectivity index (χ3v) is 4.13. The van der Waals surface area contributed by atoms with E-state index in [4.69, 9.17) is 0 Å². The summed E-state index contributed by atoms with van der Waals surface area (Å²) < 4.78 is 38.5. The summed E-state index contributed by atoms with van der Waals surface area (Å²) in [4.78, 5) is 4.04. The van der Waals surface area contributed by atoms with Crippen LogP contribution in [0.3, 0.4) is 0 Å². The van der Waals surface area contributed by atoms with E-state index in [1.807, 2.05) is 41.4 Å². The van der Waals surface area contributed by atoms with Crippen molar-refractivity contribution in [3.05, 3.63) is 72.6 Å². The van der Waals surface area contributed by atoms with Gasteiger partial charge in [0, 0.05) is 38.1 Å². The Labute approximate surface area is 150 Å². The van der Waals surface area contributed by atoms with Gasteiger partial charge in [0.25, 0.3) is 0 Å². The van der Waals surface area contributed by atoms with Gasteiger partial charge < -0.3 is 9.80 Å². The summed E-state index contributed by atoms with van der Waals surface area (Å²) in [5.74, 6) is 0. The van der Waals surface area contributed by atoms with Crippen LogP contribution >= 0.6 is 0 Å². The number of nitrogens with zero attached hydrogens (tertiary/aromatic N) is 4. The van der Waals surface area contributed by atoms with Crippen LogP contribution in [0, 0.1) is 0 Å². The SMILES string of the molecule is FC(F)(F)c1cccc(N2CCN(C=CN=Nc3ccccc3)CC2)c1. The number of azo groups is 1.